The highest BCUT2D eigenvalue weighted by atomic mass is 16.5. The molecule has 3 aromatic rings. The molecule has 0 radical (unpaired) electrons. The number of aryl methyl sites for hydroxylation is 2. The van der Waals surface area contributed by atoms with Crippen molar-refractivity contribution in [3.05, 3.63) is 106 Å². The summed E-state index contributed by atoms with van der Waals surface area (Å²) >= 11 is 0. The topological polar surface area (TPSA) is 55.8 Å². The first-order valence-electron chi connectivity index (χ1n) is 11.1. The van der Waals surface area contributed by atoms with Gasteiger partial charge in [-0.2, -0.15) is 0 Å². The normalized spacial score (nSPS) is 17.8. The number of esters is 1. The molecule has 33 heavy (non-hydrogen) atoms. The lowest BCUT2D eigenvalue weighted by molar-refractivity contribution is -0.136. The highest BCUT2D eigenvalue weighted by molar-refractivity contribution is 6.06. The molecule has 0 spiro atoms. The molecule has 166 valence electrons. The second kappa shape index (κ2) is 8.58. The third kappa shape index (κ3) is 4.02. The summed E-state index contributed by atoms with van der Waals surface area (Å²) in [5.41, 5.74) is 6.27. The molecule has 1 atom stereocenters. The van der Waals surface area contributed by atoms with E-state index in [2.05, 4.69) is 19.1 Å². The Morgan fingerprint density at radius 1 is 0.970 bits per heavy atom. The van der Waals surface area contributed by atoms with Gasteiger partial charge in [-0.3, -0.25) is 9.69 Å². The molecule has 5 heteroatoms. The van der Waals surface area contributed by atoms with Crippen molar-refractivity contribution in [2.75, 3.05) is 11.5 Å². The zero-order valence-electron chi connectivity index (χ0n) is 18.7. The number of carbonyl (C=O) groups excluding carboxylic acids is 2. The molecular formula is C28H25NO4. The van der Waals surface area contributed by atoms with Crippen molar-refractivity contribution in [3.63, 3.8) is 0 Å². The first-order chi connectivity index (χ1) is 16.0. The molecule has 0 saturated carbocycles. The van der Waals surface area contributed by atoms with Crippen LogP contribution in [0.2, 0.25) is 0 Å². The first kappa shape index (κ1) is 21.0. The van der Waals surface area contributed by atoms with Gasteiger partial charge in [0.2, 0.25) is 5.91 Å². The SMILES string of the molecule is Cc1cccc(N2C(=O)CC(c3ccc(OCc4ccccc4C)cc3)C3=C2COC3=O)c1. The third-order valence-corrected chi connectivity index (χ3v) is 6.32. The summed E-state index contributed by atoms with van der Waals surface area (Å²) in [5, 5.41) is 0. The fourth-order valence-corrected chi connectivity index (χ4v) is 4.53. The number of anilines is 1. The van der Waals surface area contributed by atoms with Gasteiger partial charge in [0.1, 0.15) is 19.0 Å². The molecule has 1 unspecified atom stereocenters. The summed E-state index contributed by atoms with van der Waals surface area (Å²) < 4.78 is 11.3. The zero-order valence-corrected chi connectivity index (χ0v) is 18.7. The number of carbonyl (C=O) groups is 2. The summed E-state index contributed by atoms with van der Waals surface area (Å²) in [6.45, 7) is 4.64. The number of benzene rings is 3. The molecule has 0 fully saturated rings. The lowest BCUT2D eigenvalue weighted by atomic mass is 9.84. The van der Waals surface area contributed by atoms with E-state index in [1.54, 1.807) is 4.90 Å². The smallest absolute Gasteiger partial charge is 0.336 e. The van der Waals surface area contributed by atoms with Crippen LogP contribution in [0.4, 0.5) is 5.69 Å². The van der Waals surface area contributed by atoms with Crippen molar-refractivity contribution < 1.29 is 19.1 Å². The highest BCUT2D eigenvalue weighted by Crippen LogP contribution is 2.42. The van der Waals surface area contributed by atoms with E-state index in [-0.39, 0.29) is 30.8 Å². The first-order valence-corrected chi connectivity index (χ1v) is 11.1. The van der Waals surface area contributed by atoms with Crippen LogP contribution in [0.3, 0.4) is 0 Å². The molecule has 0 aromatic heterocycles. The van der Waals surface area contributed by atoms with Crippen molar-refractivity contribution in [1.29, 1.82) is 0 Å². The van der Waals surface area contributed by atoms with Crippen molar-refractivity contribution >= 4 is 17.6 Å². The Balaban J connectivity index is 1.41. The van der Waals surface area contributed by atoms with E-state index in [1.165, 1.54) is 5.56 Å². The van der Waals surface area contributed by atoms with Gasteiger partial charge < -0.3 is 9.47 Å². The van der Waals surface area contributed by atoms with Gasteiger partial charge in [0.25, 0.3) is 0 Å². The summed E-state index contributed by atoms with van der Waals surface area (Å²) in [6.07, 6.45) is 0.214. The number of amides is 1. The van der Waals surface area contributed by atoms with E-state index < -0.39 is 0 Å². The highest BCUT2D eigenvalue weighted by Gasteiger charge is 2.42. The number of cyclic esters (lactones) is 1. The van der Waals surface area contributed by atoms with Gasteiger partial charge in [0, 0.05) is 18.0 Å². The van der Waals surface area contributed by atoms with Crippen LogP contribution in [0, 0.1) is 13.8 Å². The molecule has 0 saturated heterocycles. The molecule has 0 aliphatic carbocycles. The Kier molecular flexibility index (Phi) is 5.47. The largest absolute Gasteiger partial charge is 0.489 e. The van der Waals surface area contributed by atoms with Crippen LogP contribution >= 0.6 is 0 Å². The summed E-state index contributed by atoms with van der Waals surface area (Å²) in [4.78, 5) is 27.5. The van der Waals surface area contributed by atoms with Gasteiger partial charge in [0.15, 0.2) is 0 Å². The average molecular weight is 440 g/mol. The van der Waals surface area contributed by atoms with Gasteiger partial charge in [-0.25, -0.2) is 4.79 Å². The van der Waals surface area contributed by atoms with E-state index in [4.69, 9.17) is 9.47 Å². The minimum Gasteiger partial charge on any atom is -0.489 e. The Labute approximate surface area is 193 Å². The number of hydrogen-bond donors (Lipinski definition) is 0. The van der Waals surface area contributed by atoms with Crippen LogP contribution in [0.15, 0.2) is 84.1 Å². The van der Waals surface area contributed by atoms with E-state index >= 15 is 0 Å². The quantitative estimate of drug-likeness (QED) is 0.512. The minimum atomic E-state index is -0.347. The number of nitrogens with zero attached hydrogens (tertiary/aromatic N) is 1. The Hall–Kier alpha value is -3.86. The maximum Gasteiger partial charge on any atom is 0.336 e. The standard InChI is InChI=1S/C28H25NO4/c1-18-6-5-9-22(14-18)29-25-17-33-28(31)27(25)24(15-26(29)30)20-10-12-23(13-11-20)32-16-21-8-4-3-7-19(21)2/h3-14,24H,15-17H2,1-2H3. The van der Waals surface area contributed by atoms with Crippen LogP contribution in [-0.4, -0.2) is 18.5 Å². The van der Waals surface area contributed by atoms with Crippen molar-refractivity contribution in [2.45, 2.75) is 32.8 Å². The molecule has 3 aromatic carbocycles. The Morgan fingerprint density at radius 3 is 2.52 bits per heavy atom. The summed E-state index contributed by atoms with van der Waals surface area (Å²) in [5.74, 6) is 0.0327. The summed E-state index contributed by atoms with van der Waals surface area (Å²) in [7, 11) is 0. The van der Waals surface area contributed by atoms with Gasteiger partial charge >= 0.3 is 5.97 Å². The van der Waals surface area contributed by atoms with Crippen molar-refractivity contribution in [1.82, 2.24) is 0 Å². The molecule has 2 aliphatic heterocycles. The second-order valence-electron chi connectivity index (χ2n) is 8.55. The fourth-order valence-electron chi connectivity index (χ4n) is 4.53. The van der Waals surface area contributed by atoms with Gasteiger partial charge in [-0.15, -0.1) is 0 Å². The maximum atomic E-state index is 13.2. The molecule has 1 amide bonds. The van der Waals surface area contributed by atoms with Crippen LogP contribution in [0.1, 0.15) is 34.6 Å². The molecule has 2 heterocycles. The predicted octanol–water partition coefficient (Wildman–Crippen LogP) is 5.21. The van der Waals surface area contributed by atoms with E-state index in [9.17, 15) is 9.59 Å². The lowest BCUT2D eigenvalue weighted by Gasteiger charge is -2.32. The van der Waals surface area contributed by atoms with Crippen LogP contribution in [0.25, 0.3) is 0 Å². The van der Waals surface area contributed by atoms with E-state index in [1.807, 2.05) is 67.6 Å². The van der Waals surface area contributed by atoms with Crippen molar-refractivity contribution in [2.24, 2.45) is 0 Å². The molecule has 0 N–H and O–H groups in total. The number of ether oxygens (including phenoxy) is 2. The Bertz CT molecular complexity index is 1260. The molecule has 5 rings (SSSR count). The molecule has 0 bridgehead atoms. The average Bonchev–Trinajstić information content (AvgIpc) is 3.19. The molecular weight excluding hydrogens is 414 g/mol. The molecule has 5 nitrogen and oxygen atoms in total. The zero-order chi connectivity index (χ0) is 22.9. The van der Waals surface area contributed by atoms with Crippen LogP contribution < -0.4 is 9.64 Å². The van der Waals surface area contributed by atoms with Gasteiger partial charge in [-0.1, -0.05) is 48.5 Å². The predicted molar refractivity (Wildman–Crippen MR) is 126 cm³/mol. The van der Waals surface area contributed by atoms with E-state index in [0.717, 1.165) is 28.1 Å². The van der Waals surface area contributed by atoms with Gasteiger partial charge in [-0.05, 0) is 60.4 Å². The second-order valence-corrected chi connectivity index (χ2v) is 8.55. The lowest BCUT2D eigenvalue weighted by Crippen LogP contribution is -2.37. The van der Waals surface area contributed by atoms with Crippen LogP contribution in [0.5, 0.6) is 5.75 Å². The Morgan fingerprint density at radius 2 is 1.76 bits per heavy atom. The molecule has 2 aliphatic rings. The maximum absolute atomic E-state index is 13.2. The minimum absolute atomic E-state index is 0.0393. The van der Waals surface area contributed by atoms with Crippen molar-refractivity contribution in [3.8, 4) is 5.75 Å². The summed E-state index contributed by atoms with van der Waals surface area (Å²) in [6, 6.07) is 23.5. The third-order valence-electron chi connectivity index (χ3n) is 6.32. The number of rotatable bonds is 5. The monoisotopic (exact) mass is 439 g/mol. The number of hydrogen-bond acceptors (Lipinski definition) is 4. The van der Waals surface area contributed by atoms with E-state index in [0.29, 0.717) is 17.9 Å². The van der Waals surface area contributed by atoms with Gasteiger partial charge in [0.05, 0.1) is 11.3 Å². The fraction of sp³-hybridized carbons (Fsp3) is 0.214. The van der Waals surface area contributed by atoms with Crippen LogP contribution in [-0.2, 0) is 20.9 Å².